The molecule has 2 aromatic rings. The highest BCUT2D eigenvalue weighted by Crippen LogP contribution is 2.30. The highest BCUT2D eigenvalue weighted by Gasteiger charge is 2.17. The van der Waals surface area contributed by atoms with Gasteiger partial charge >= 0.3 is 0 Å². The normalized spacial score (nSPS) is 11.8. The molecular formula is C19H23NO3. The van der Waals surface area contributed by atoms with Gasteiger partial charge in [-0.3, -0.25) is 4.79 Å². The van der Waals surface area contributed by atoms with Crippen molar-refractivity contribution < 1.29 is 14.3 Å². The maximum Gasteiger partial charge on any atom is 0.248 e. The molecule has 0 aliphatic heterocycles. The van der Waals surface area contributed by atoms with E-state index >= 15 is 0 Å². The fourth-order valence-corrected chi connectivity index (χ4v) is 2.49. The number of hydrogen-bond acceptors (Lipinski definition) is 3. The molecule has 0 saturated heterocycles. The van der Waals surface area contributed by atoms with Gasteiger partial charge in [0.15, 0.2) is 0 Å². The maximum absolute atomic E-state index is 11.9. The molecule has 4 heteroatoms. The molecule has 0 saturated carbocycles. The zero-order valence-electron chi connectivity index (χ0n) is 14.1. The van der Waals surface area contributed by atoms with Gasteiger partial charge in [-0.1, -0.05) is 42.5 Å². The minimum absolute atomic E-state index is 0.00984. The summed E-state index contributed by atoms with van der Waals surface area (Å²) in [7, 11) is 4.99. The summed E-state index contributed by atoms with van der Waals surface area (Å²) in [5.41, 5.74) is 3.22. The minimum atomic E-state index is -0.0335. The molecule has 0 radical (unpaired) electrons. The maximum atomic E-state index is 11.9. The lowest BCUT2D eigenvalue weighted by molar-refractivity contribution is -0.135. The van der Waals surface area contributed by atoms with Crippen LogP contribution in [0.2, 0.25) is 0 Å². The van der Waals surface area contributed by atoms with Gasteiger partial charge in [0.2, 0.25) is 5.91 Å². The predicted molar refractivity (Wildman–Crippen MR) is 91.5 cm³/mol. The van der Waals surface area contributed by atoms with Crippen molar-refractivity contribution in [2.24, 2.45) is 0 Å². The molecule has 23 heavy (non-hydrogen) atoms. The topological polar surface area (TPSA) is 38.8 Å². The van der Waals surface area contributed by atoms with Crippen LogP contribution in [0, 0.1) is 0 Å². The molecule has 0 aliphatic rings. The van der Waals surface area contributed by atoms with Gasteiger partial charge in [-0.05, 0) is 24.1 Å². The summed E-state index contributed by atoms with van der Waals surface area (Å²) < 4.78 is 10.3. The van der Waals surface area contributed by atoms with Crippen LogP contribution in [0.1, 0.15) is 18.5 Å². The average molecular weight is 313 g/mol. The molecule has 1 amide bonds. The number of nitrogens with zero attached hydrogens (tertiary/aromatic N) is 1. The molecule has 0 aromatic heterocycles. The molecule has 4 nitrogen and oxygen atoms in total. The second-order valence-electron chi connectivity index (χ2n) is 5.44. The van der Waals surface area contributed by atoms with E-state index < -0.39 is 0 Å². The van der Waals surface area contributed by atoms with E-state index in [1.54, 1.807) is 19.1 Å². The zero-order chi connectivity index (χ0) is 16.8. The van der Waals surface area contributed by atoms with Crippen LogP contribution in [0.3, 0.4) is 0 Å². The van der Waals surface area contributed by atoms with E-state index in [0.717, 1.165) is 22.4 Å². The van der Waals surface area contributed by atoms with Crippen LogP contribution in [-0.4, -0.2) is 38.7 Å². The summed E-state index contributed by atoms with van der Waals surface area (Å²) in [6.45, 7) is 2.10. The number of carbonyl (C=O) groups is 1. The third-order valence-corrected chi connectivity index (χ3v) is 4.05. The summed E-state index contributed by atoms with van der Waals surface area (Å²) in [6, 6.07) is 16.1. The lowest BCUT2D eigenvalue weighted by Crippen LogP contribution is -2.32. The standard InChI is InChI=1S/C19H23NO3/c1-14(20(2)19(21)13-22-3)15-9-11-16(12-10-15)17-7-5-6-8-18(17)23-4/h5-12,14H,13H2,1-4H3/t14-/m1/s1. The summed E-state index contributed by atoms with van der Waals surface area (Å²) in [6.07, 6.45) is 0. The smallest absolute Gasteiger partial charge is 0.248 e. The summed E-state index contributed by atoms with van der Waals surface area (Å²) in [5.74, 6) is 0.814. The molecule has 122 valence electrons. The van der Waals surface area contributed by atoms with Crippen molar-refractivity contribution in [3.63, 3.8) is 0 Å². The van der Waals surface area contributed by atoms with Gasteiger partial charge in [0.25, 0.3) is 0 Å². The van der Waals surface area contributed by atoms with Crippen LogP contribution in [0.25, 0.3) is 11.1 Å². The van der Waals surface area contributed by atoms with E-state index in [-0.39, 0.29) is 18.6 Å². The highest BCUT2D eigenvalue weighted by molar-refractivity contribution is 5.77. The Labute approximate surface area is 137 Å². The molecule has 1 atom stereocenters. The summed E-state index contributed by atoms with van der Waals surface area (Å²) in [5, 5.41) is 0. The molecule has 0 heterocycles. The van der Waals surface area contributed by atoms with Crippen molar-refractivity contribution in [1.82, 2.24) is 4.90 Å². The first-order chi connectivity index (χ1) is 11.1. The minimum Gasteiger partial charge on any atom is -0.496 e. The summed E-state index contributed by atoms with van der Waals surface area (Å²) in [4.78, 5) is 13.6. The first-order valence-electron chi connectivity index (χ1n) is 7.56. The fraction of sp³-hybridized carbons (Fsp3) is 0.316. The van der Waals surface area contributed by atoms with Crippen molar-refractivity contribution in [1.29, 1.82) is 0 Å². The lowest BCUT2D eigenvalue weighted by Gasteiger charge is -2.25. The van der Waals surface area contributed by atoms with E-state index in [2.05, 4.69) is 12.1 Å². The van der Waals surface area contributed by atoms with E-state index in [4.69, 9.17) is 9.47 Å². The Bertz CT molecular complexity index is 652. The van der Waals surface area contributed by atoms with E-state index in [1.165, 1.54) is 7.11 Å². The number of rotatable bonds is 6. The van der Waals surface area contributed by atoms with Crippen LogP contribution in [0.15, 0.2) is 48.5 Å². The predicted octanol–water partition coefficient (Wildman–Crippen LogP) is 3.53. The number of likely N-dealkylation sites (N-methyl/N-ethyl adjacent to an activating group) is 1. The number of ether oxygens (including phenoxy) is 2. The summed E-state index contributed by atoms with van der Waals surface area (Å²) >= 11 is 0. The fourth-order valence-electron chi connectivity index (χ4n) is 2.49. The molecule has 0 spiro atoms. The second kappa shape index (κ2) is 7.79. The number of hydrogen-bond donors (Lipinski definition) is 0. The second-order valence-corrected chi connectivity index (χ2v) is 5.44. The van der Waals surface area contributed by atoms with E-state index in [1.807, 2.05) is 43.3 Å². The monoisotopic (exact) mass is 313 g/mol. The quantitative estimate of drug-likeness (QED) is 0.819. The Hall–Kier alpha value is -2.33. The Balaban J connectivity index is 2.20. The number of para-hydroxylation sites is 1. The molecule has 0 unspecified atom stereocenters. The first-order valence-corrected chi connectivity index (χ1v) is 7.56. The molecular weight excluding hydrogens is 290 g/mol. The Morgan fingerprint density at radius 2 is 1.74 bits per heavy atom. The highest BCUT2D eigenvalue weighted by atomic mass is 16.5. The van der Waals surface area contributed by atoms with Crippen molar-refractivity contribution >= 4 is 5.91 Å². The zero-order valence-corrected chi connectivity index (χ0v) is 14.1. The number of methoxy groups -OCH3 is 2. The molecule has 0 fully saturated rings. The van der Waals surface area contributed by atoms with E-state index in [0.29, 0.717) is 0 Å². The SMILES string of the molecule is COCC(=O)N(C)[C@H](C)c1ccc(-c2ccccc2OC)cc1. The lowest BCUT2D eigenvalue weighted by atomic mass is 10.00. The van der Waals surface area contributed by atoms with Crippen LogP contribution in [-0.2, 0) is 9.53 Å². The van der Waals surface area contributed by atoms with E-state index in [9.17, 15) is 4.79 Å². The molecule has 2 aromatic carbocycles. The van der Waals surface area contributed by atoms with Crippen molar-refractivity contribution in [3.05, 3.63) is 54.1 Å². The first kappa shape index (κ1) is 17.0. The molecule has 2 rings (SSSR count). The van der Waals surface area contributed by atoms with Gasteiger partial charge in [-0.15, -0.1) is 0 Å². The third-order valence-electron chi connectivity index (χ3n) is 4.05. The van der Waals surface area contributed by atoms with Crippen LogP contribution in [0.4, 0.5) is 0 Å². The Morgan fingerprint density at radius 3 is 2.35 bits per heavy atom. The van der Waals surface area contributed by atoms with Crippen LogP contribution < -0.4 is 4.74 Å². The molecule has 0 N–H and O–H groups in total. The third kappa shape index (κ3) is 3.90. The van der Waals surface area contributed by atoms with Crippen LogP contribution in [0.5, 0.6) is 5.75 Å². The van der Waals surface area contributed by atoms with Crippen molar-refractivity contribution in [2.75, 3.05) is 27.9 Å². The van der Waals surface area contributed by atoms with Gasteiger partial charge in [0.1, 0.15) is 12.4 Å². The van der Waals surface area contributed by atoms with Gasteiger partial charge < -0.3 is 14.4 Å². The number of carbonyl (C=O) groups excluding carboxylic acids is 1. The van der Waals surface area contributed by atoms with Gasteiger partial charge in [0.05, 0.1) is 13.2 Å². The Morgan fingerprint density at radius 1 is 1.09 bits per heavy atom. The van der Waals surface area contributed by atoms with Crippen molar-refractivity contribution in [3.8, 4) is 16.9 Å². The largest absolute Gasteiger partial charge is 0.496 e. The van der Waals surface area contributed by atoms with Crippen molar-refractivity contribution in [2.45, 2.75) is 13.0 Å². The molecule has 0 aliphatic carbocycles. The number of benzene rings is 2. The average Bonchev–Trinajstić information content (AvgIpc) is 2.60. The van der Waals surface area contributed by atoms with Gasteiger partial charge in [-0.25, -0.2) is 0 Å². The van der Waals surface area contributed by atoms with Crippen LogP contribution >= 0.6 is 0 Å². The van der Waals surface area contributed by atoms with Gasteiger partial charge in [-0.2, -0.15) is 0 Å². The van der Waals surface area contributed by atoms with Gasteiger partial charge in [0, 0.05) is 19.7 Å². The Kier molecular flexibility index (Phi) is 5.77. The number of amides is 1. The molecule has 0 bridgehead atoms.